The normalized spacial score (nSPS) is 9.56. The van der Waals surface area contributed by atoms with Gasteiger partial charge in [-0.25, -0.2) is 0 Å². The maximum atomic E-state index is 11.0. The molecule has 0 fully saturated rings. The van der Waals surface area contributed by atoms with Crippen LogP contribution in [0, 0.1) is 11.3 Å². The van der Waals surface area contributed by atoms with Crippen LogP contribution in [0.3, 0.4) is 0 Å². The van der Waals surface area contributed by atoms with Gasteiger partial charge in [-0.1, -0.05) is 15.9 Å². The fraction of sp³-hybridized carbons (Fsp3) is 0.182. The number of halogens is 1. The van der Waals surface area contributed by atoms with Gasteiger partial charge in [-0.15, -0.1) is 0 Å². The molecule has 1 rings (SSSR count). The summed E-state index contributed by atoms with van der Waals surface area (Å²) in [7, 11) is 0. The van der Waals surface area contributed by atoms with E-state index < -0.39 is 11.8 Å². The van der Waals surface area contributed by atoms with Crippen molar-refractivity contribution in [2.24, 2.45) is 11.5 Å². The molecule has 4 N–H and O–H groups in total. The number of amides is 2. The average Bonchev–Trinajstić information content (AvgIpc) is 2.26. The van der Waals surface area contributed by atoms with Crippen LogP contribution in [-0.4, -0.2) is 24.9 Å². The van der Waals surface area contributed by atoms with Gasteiger partial charge in [0.25, 0.3) is 0 Å². The number of benzene rings is 1. The standard InChI is InChI=1S/C11H11BrN4O2/c12-8-2-1-7(4-13)9(3-8)16(5-10(14)17)6-11(15)18/h1-3H,5-6H2,(H2,14,17)(H2,15,18). The zero-order valence-corrected chi connectivity index (χ0v) is 11.0. The average molecular weight is 311 g/mol. The molecule has 1 aromatic carbocycles. The Morgan fingerprint density at radius 3 is 2.28 bits per heavy atom. The van der Waals surface area contributed by atoms with Crippen molar-refractivity contribution in [3.63, 3.8) is 0 Å². The van der Waals surface area contributed by atoms with E-state index in [9.17, 15) is 9.59 Å². The minimum atomic E-state index is -0.611. The Hall–Kier alpha value is -2.07. The molecular formula is C11H11BrN4O2. The van der Waals surface area contributed by atoms with E-state index >= 15 is 0 Å². The van der Waals surface area contributed by atoms with Crippen LogP contribution in [-0.2, 0) is 9.59 Å². The van der Waals surface area contributed by atoms with Crippen LogP contribution in [0.1, 0.15) is 5.56 Å². The van der Waals surface area contributed by atoms with Gasteiger partial charge in [-0.05, 0) is 18.2 Å². The van der Waals surface area contributed by atoms with Crippen molar-refractivity contribution in [3.8, 4) is 6.07 Å². The van der Waals surface area contributed by atoms with Crippen LogP contribution in [0.5, 0.6) is 0 Å². The summed E-state index contributed by atoms with van der Waals surface area (Å²) in [6.07, 6.45) is 0. The van der Waals surface area contributed by atoms with Crippen molar-refractivity contribution < 1.29 is 9.59 Å². The Labute approximate surface area is 112 Å². The Balaban J connectivity index is 3.18. The van der Waals surface area contributed by atoms with Gasteiger partial charge in [0.2, 0.25) is 11.8 Å². The molecule has 0 aliphatic carbocycles. The summed E-state index contributed by atoms with van der Waals surface area (Å²) >= 11 is 3.26. The van der Waals surface area contributed by atoms with Crippen molar-refractivity contribution in [2.45, 2.75) is 0 Å². The molecule has 0 saturated carbocycles. The van der Waals surface area contributed by atoms with E-state index in [0.717, 1.165) is 4.47 Å². The summed E-state index contributed by atoms with van der Waals surface area (Å²) in [5.74, 6) is -1.22. The maximum absolute atomic E-state index is 11.0. The fourth-order valence-corrected chi connectivity index (χ4v) is 1.81. The first kappa shape index (κ1) is 14.0. The van der Waals surface area contributed by atoms with E-state index in [0.29, 0.717) is 11.3 Å². The van der Waals surface area contributed by atoms with E-state index in [1.807, 2.05) is 6.07 Å². The first-order valence-corrected chi connectivity index (χ1v) is 5.74. The van der Waals surface area contributed by atoms with Gasteiger partial charge in [0.15, 0.2) is 0 Å². The van der Waals surface area contributed by atoms with Crippen LogP contribution in [0.4, 0.5) is 5.69 Å². The predicted octanol–water partition coefficient (Wildman–Crippen LogP) is 0.0978. The minimum Gasteiger partial charge on any atom is -0.368 e. The third-order valence-corrected chi connectivity index (χ3v) is 2.61. The number of hydrogen-bond acceptors (Lipinski definition) is 4. The summed E-state index contributed by atoms with van der Waals surface area (Å²) < 4.78 is 0.718. The van der Waals surface area contributed by atoms with Crippen molar-refractivity contribution in [1.82, 2.24) is 0 Å². The summed E-state index contributed by atoms with van der Waals surface area (Å²) in [6, 6.07) is 6.88. The SMILES string of the molecule is N#Cc1ccc(Br)cc1N(CC(N)=O)CC(N)=O. The van der Waals surface area contributed by atoms with Crippen LogP contribution >= 0.6 is 15.9 Å². The zero-order valence-electron chi connectivity index (χ0n) is 9.39. The van der Waals surface area contributed by atoms with E-state index in [4.69, 9.17) is 16.7 Å². The second-order valence-corrected chi connectivity index (χ2v) is 4.48. The number of carbonyl (C=O) groups is 2. The number of primary amides is 2. The Bertz CT molecular complexity index is 508. The molecule has 1 aromatic rings. The van der Waals surface area contributed by atoms with Gasteiger partial charge in [0, 0.05) is 4.47 Å². The molecule has 0 spiro atoms. The first-order valence-electron chi connectivity index (χ1n) is 4.95. The number of nitrogens with two attached hydrogens (primary N) is 2. The van der Waals surface area contributed by atoms with Crippen LogP contribution < -0.4 is 16.4 Å². The molecule has 94 valence electrons. The Kier molecular flexibility index (Phi) is 4.68. The van der Waals surface area contributed by atoms with Crippen molar-refractivity contribution in [1.29, 1.82) is 5.26 Å². The van der Waals surface area contributed by atoms with Gasteiger partial charge in [0.1, 0.15) is 6.07 Å². The number of hydrogen-bond donors (Lipinski definition) is 2. The molecule has 0 unspecified atom stereocenters. The van der Waals surface area contributed by atoms with Gasteiger partial charge >= 0.3 is 0 Å². The minimum absolute atomic E-state index is 0.186. The van der Waals surface area contributed by atoms with Crippen LogP contribution in [0.15, 0.2) is 22.7 Å². The zero-order chi connectivity index (χ0) is 13.7. The van der Waals surface area contributed by atoms with Gasteiger partial charge in [0.05, 0.1) is 24.3 Å². The summed E-state index contributed by atoms with van der Waals surface area (Å²) in [5.41, 5.74) is 11.0. The number of nitriles is 1. The Morgan fingerprint density at radius 1 is 1.28 bits per heavy atom. The highest BCUT2D eigenvalue weighted by Gasteiger charge is 2.16. The second kappa shape index (κ2) is 6.02. The molecule has 0 atom stereocenters. The molecule has 2 amide bonds. The fourth-order valence-electron chi connectivity index (χ4n) is 1.46. The highest BCUT2D eigenvalue weighted by Crippen LogP contribution is 2.24. The van der Waals surface area contributed by atoms with Crippen molar-refractivity contribution in [3.05, 3.63) is 28.2 Å². The molecule has 6 nitrogen and oxygen atoms in total. The summed E-state index contributed by atoms with van der Waals surface area (Å²) in [6.45, 7) is -0.373. The first-order chi connectivity index (χ1) is 8.43. The van der Waals surface area contributed by atoms with Crippen molar-refractivity contribution in [2.75, 3.05) is 18.0 Å². The summed E-state index contributed by atoms with van der Waals surface area (Å²) in [4.78, 5) is 23.3. The number of nitrogens with zero attached hydrogens (tertiary/aromatic N) is 2. The lowest BCUT2D eigenvalue weighted by Crippen LogP contribution is -2.40. The van der Waals surface area contributed by atoms with E-state index in [1.54, 1.807) is 18.2 Å². The lowest BCUT2D eigenvalue weighted by molar-refractivity contribution is -0.117. The van der Waals surface area contributed by atoms with Crippen LogP contribution in [0.25, 0.3) is 0 Å². The lowest BCUT2D eigenvalue weighted by atomic mass is 10.1. The monoisotopic (exact) mass is 310 g/mol. The lowest BCUT2D eigenvalue weighted by Gasteiger charge is -2.22. The molecule has 7 heteroatoms. The number of rotatable bonds is 5. The molecular weight excluding hydrogens is 300 g/mol. The smallest absolute Gasteiger partial charge is 0.236 e. The molecule has 0 heterocycles. The molecule has 0 bridgehead atoms. The quantitative estimate of drug-likeness (QED) is 0.802. The second-order valence-electron chi connectivity index (χ2n) is 3.56. The van der Waals surface area contributed by atoms with E-state index in [1.165, 1.54) is 4.90 Å². The van der Waals surface area contributed by atoms with E-state index in [-0.39, 0.29) is 13.1 Å². The van der Waals surface area contributed by atoms with Gasteiger partial charge < -0.3 is 16.4 Å². The number of anilines is 1. The van der Waals surface area contributed by atoms with Gasteiger partial charge in [-0.2, -0.15) is 5.26 Å². The molecule has 0 saturated heterocycles. The Morgan fingerprint density at radius 2 is 1.83 bits per heavy atom. The third-order valence-electron chi connectivity index (χ3n) is 2.11. The predicted molar refractivity (Wildman–Crippen MR) is 69.5 cm³/mol. The van der Waals surface area contributed by atoms with Crippen molar-refractivity contribution >= 4 is 33.4 Å². The summed E-state index contributed by atoms with van der Waals surface area (Å²) in [5, 5.41) is 9.00. The number of carbonyl (C=O) groups excluding carboxylic acids is 2. The molecule has 0 aliphatic rings. The molecule has 0 aliphatic heterocycles. The molecule has 0 radical (unpaired) electrons. The molecule has 18 heavy (non-hydrogen) atoms. The third kappa shape index (κ3) is 3.75. The van der Waals surface area contributed by atoms with E-state index in [2.05, 4.69) is 15.9 Å². The maximum Gasteiger partial charge on any atom is 0.236 e. The topological polar surface area (TPSA) is 113 Å². The van der Waals surface area contributed by atoms with Crippen LogP contribution in [0.2, 0.25) is 0 Å². The molecule has 0 aromatic heterocycles. The highest BCUT2D eigenvalue weighted by molar-refractivity contribution is 9.10. The largest absolute Gasteiger partial charge is 0.368 e. The highest BCUT2D eigenvalue weighted by atomic mass is 79.9. The van der Waals surface area contributed by atoms with Gasteiger partial charge in [-0.3, -0.25) is 9.59 Å².